The molecule has 2 atom stereocenters. The summed E-state index contributed by atoms with van der Waals surface area (Å²) in [5.41, 5.74) is -0.918. The molecule has 0 aromatic carbocycles. The van der Waals surface area contributed by atoms with Crippen molar-refractivity contribution in [3.8, 4) is 0 Å². The minimum atomic E-state index is -0.837. The van der Waals surface area contributed by atoms with Crippen LogP contribution in [0.1, 0.15) is 18.1 Å². The molecular formula is C15H20IN3O7. The van der Waals surface area contributed by atoms with Gasteiger partial charge in [0.05, 0.1) is 12.7 Å². The first-order valence-corrected chi connectivity index (χ1v) is 8.57. The smallest absolute Gasteiger partial charge is 0.328 e. The van der Waals surface area contributed by atoms with Crippen molar-refractivity contribution in [2.24, 2.45) is 7.05 Å². The Morgan fingerprint density at radius 3 is 2.85 bits per heavy atom. The minimum absolute atomic E-state index is 0.131. The molecule has 11 heteroatoms. The third-order valence-corrected chi connectivity index (χ3v) is 4.20. The maximum atomic E-state index is 12.3. The summed E-state index contributed by atoms with van der Waals surface area (Å²) in [7, 11) is 4.49. The van der Waals surface area contributed by atoms with E-state index in [1.165, 1.54) is 32.0 Å². The number of aryl methyl sites for hydroxylation is 1. The number of aromatic amines is 1. The van der Waals surface area contributed by atoms with Crippen molar-refractivity contribution in [2.75, 3.05) is 27.4 Å². The number of halogens is 1. The molecule has 0 aliphatic carbocycles. The van der Waals surface area contributed by atoms with Gasteiger partial charge in [0.25, 0.3) is 5.56 Å². The lowest BCUT2D eigenvalue weighted by Gasteiger charge is -2.33. The number of hydrogen-bond acceptors (Lipinski definition) is 7. The lowest BCUT2D eigenvalue weighted by atomic mass is 10.00. The largest absolute Gasteiger partial charge is 0.497 e. The van der Waals surface area contributed by atoms with Gasteiger partial charge < -0.3 is 27.2 Å². The fraction of sp³-hybridized carbons (Fsp3) is 0.533. The van der Waals surface area contributed by atoms with Crippen LogP contribution in [0.25, 0.3) is 0 Å². The second-order valence-corrected chi connectivity index (χ2v) is 6.15. The van der Waals surface area contributed by atoms with Gasteiger partial charge >= 0.3 is 5.69 Å². The molecule has 1 amide bonds. The third-order valence-electron chi connectivity index (χ3n) is 3.89. The van der Waals surface area contributed by atoms with Crippen LogP contribution in [0.5, 0.6) is 0 Å². The molecule has 2 N–H and O–H groups in total. The van der Waals surface area contributed by atoms with E-state index in [4.69, 9.17) is 17.3 Å². The van der Waals surface area contributed by atoms with Crippen molar-refractivity contribution in [1.82, 2.24) is 14.9 Å². The summed E-state index contributed by atoms with van der Waals surface area (Å²) < 4.78 is 23.2. The van der Waals surface area contributed by atoms with E-state index >= 15 is 0 Å². The lowest BCUT2D eigenvalue weighted by Crippen LogP contribution is -2.39. The first-order chi connectivity index (χ1) is 12.4. The number of likely N-dealkylation sites (N-methyl/N-ethyl adjacent to an activating group) is 1. The fourth-order valence-corrected chi connectivity index (χ4v) is 2.79. The maximum absolute atomic E-state index is 12.3. The summed E-state index contributed by atoms with van der Waals surface area (Å²) in [4.78, 5) is 37.6. The summed E-state index contributed by atoms with van der Waals surface area (Å²) in [6.45, 7) is -0.0775. The molecule has 0 spiro atoms. The predicted molar refractivity (Wildman–Crippen MR) is 98.6 cm³/mol. The van der Waals surface area contributed by atoms with E-state index in [-0.39, 0.29) is 31.1 Å². The summed E-state index contributed by atoms with van der Waals surface area (Å²) in [5, 5.41) is 2.46. The van der Waals surface area contributed by atoms with Crippen LogP contribution in [-0.4, -0.2) is 48.9 Å². The molecule has 1 aromatic rings. The highest BCUT2D eigenvalue weighted by atomic mass is 127. The zero-order chi connectivity index (χ0) is 19.3. The molecule has 0 bridgehead atoms. The summed E-state index contributed by atoms with van der Waals surface area (Å²) >= 11 is 1.72. The number of amides is 1. The third kappa shape index (κ3) is 4.65. The Balaban J connectivity index is 2.42. The number of nitrogens with zero attached hydrogens (tertiary/aromatic N) is 1. The molecule has 26 heavy (non-hydrogen) atoms. The van der Waals surface area contributed by atoms with Crippen LogP contribution in [0.4, 0.5) is 0 Å². The van der Waals surface area contributed by atoms with E-state index in [1.54, 1.807) is 23.0 Å². The van der Waals surface area contributed by atoms with E-state index < -0.39 is 23.5 Å². The summed E-state index contributed by atoms with van der Waals surface area (Å²) in [5.74, 6) is 0.600. The highest BCUT2D eigenvalue weighted by Crippen LogP contribution is 2.35. The quantitative estimate of drug-likeness (QED) is 0.522. The van der Waals surface area contributed by atoms with Gasteiger partial charge in [0.15, 0.2) is 11.9 Å². The van der Waals surface area contributed by atoms with E-state index in [9.17, 15) is 14.4 Å². The highest BCUT2D eigenvalue weighted by molar-refractivity contribution is 14.1. The molecule has 1 aliphatic rings. The number of aromatic nitrogens is 2. The average Bonchev–Trinajstić information content (AvgIpc) is 2.63. The first-order valence-electron chi connectivity index (χ1n) is 7.69. The van der Waals surface area contributed by atoms with Gasteiger partial charge in [0.1, 0.15) is 48.1 Å². The molecule has 10 nitrogen and oxygen atoms in total. The van der Waals surface area contributed by atoms with Crippen molar-refractivity contribution < 1.29 is 22.1 Å². The van der Waals surface area contributed by atoms with Gasteiger partial charge in [-0.15, -0.1) is 0 Å². The molecule has 1 unspecified atom stereocenters. The molecular weight excluding hydrogens is 461 g/mol. The molecule has 0 radical (unpaired) electrons. The molecule has 0 saturated carbocycles. The number of H-pyrrole nitrogens is 1. The molecule has 1 aromatic heterocycles. The van der Waals surface area contributed by atoms with Gasteiger partial charge in [-0.1, -0.05) is 0 Å². The zero-order valence-electron chi connectivity index (χ0n) is 14.5. The van der Waals surface area contributed by atoms with E-state index in [1.807, 2.05) is 0 Å². The molecule has 2 heterocycles. The monoisotopic (exact) mass is 481 g/mol. The van der Waals surface area contributed by atoms with Crippen molar-refractivity contribution >= 4 is 28.9 Å². The lowest BCUT2D eigenvalue weighted by molar-refractivity contribution is -0.133. The molecule has 2 rings (SSSR count). The van der Waals surface area contributed by atoms with Crippen LogP contribution >= 0.6 is 23.0 Å². The predicted octanol–water partition coefficient (Wildman–Crippen LogP) is -0.109. The first kappa shape index (κ1) is 20.5. The Morgan fingerprint density at radius 1 is 1.50 bits per heavy atom. The number of ether oxygens (including phenoxy) is 3. The van der Waals surface area contributed by atoms with E-state index in [0.717, 1.165) is 0 Å². The van der Waals surface area contributed by atoms with Crippen LogP contribution in [0.15, 0.2) is 27.3 Å². The topological polar surface area (TPSA) is 121 Å². The van der Waals surface area contributed by atoms with Gasteiger partial charge in [-0.2, -0.15) is 0 Å². The standard InChI is InChI=1S/C15H20IN3O7/c1-17-12(20)7-24-10-4-9(23-3)11(6-25-16)26-13(10)8-5-19(2)15(22)18-14(8)21/h5,10,13H,4,6-7H2,1-3H3,(H,17,20)(H,18,21,22)/t10?,13-/m0/s1. The Labute approximate surface area is 163 Å². The molecule has 144 valence electrons. The van der Waals surface area contributed by atoms with Crippen LogP contribution in [0.3, 0.4) is 0 Å². The Kier molecular flexibility index (Phi) is 7.23. The molecule has 1 aliphatic heterocycles. The van der Waals surface area contributed by atoms with Crippen LogP contribution in [0.2, 0.25) is 0 Å². The number of rotatable bonds is 7. The van der Waals surface area contributed by atoms with Crippen LogP contribution < -0.4 is 16.6 Å². The summed E-state index contributed by atoms with van der Waals surface area (Å²) in [6, 6.07) is 0. The Hall–Kier alpha value is -1.86. The Bertz CT molecular complexity index is 801. The molecule has 0 fully saturated rings. The van der Waals surface area contributed by atoms with E-state index in [0.29, 0.717) is 11.5 Å². The second kappa shape index (κ2) is 9.19. The van der Waals surface area contributed by atoms with Gasteiger partial charge in [-0.25, -0.2) is 4.79 Å². The van der Waals surface area contributed by atoms with Crippen LogP contribution in [-0.2, 0) is 29.1 Å². The van der Waals surface area contributed by atoms with Crippen molar-refractivity contribution in [3.05, 3.63) is 44.1 Å². The van der Waals surface area contributed by atoms with E-state index in [2.05, 4.69) is 10.3 Å². The number of carbonyl (C=O) groups excluding carboxylic acids is 1. The average molecular weight is 481 g/mol. The zero-order valence-corrected chi connectivity index (χ0v) is 16.7. The van der Waals surface area contributed by atoms with Crippen molar-refractivity contribution in [2.45, 2.75) is 18.6 Å². The maximum Gasteiger partial charge on any atom is 0.328 e. The second-order valence-electron chi connectivity index (χ2n) is 5.52. The fourth-order valence-electron chi connectivity index (χ4n) is 2.51. The van der Waals surface area contributed by atoms with Crippen molar-refractivity contribution in [1.29, 1.82) is 0 Å². The van der Waals surface area contributed by atoms with Gasteiger partial charge in [-0.3, -0.25) is 14.6 Å². The SMILES string of the molecule is CNC(=O)COC1CC(OC)=C(COI)O[C@H]1c1cn(C)c(=O)[nH]c1=O. The van der Waals surface area contributed by atoms with Gasteiger partial charge in [0, 0.05) is 26.7 Å². The minimum Gasteiger partial charge on any atom is -0.497 e. The van der Waals surface area contributed by atoms with Crippen LogP contribution in [0, 0.1) is 0 Å². The molecule has 0 saturated heterocycles. The number of carbonyl (C=O) groups is 1. The Morgan fingerprint density at radius 2 is 2.23 bits per heavy atom. The normalized spacial score (nSPS) is 19.8. The number of nitrogens with one attached hydrogen (secondary N) is 2. The highest BCUT2D eigenvalue weighted by Gasteiger charge is 2.36. The van der Waals surface area contributed by atoms with Crippen molar-refractivity contribution in [3.63, 3.8) is 0 Å². The number of methoxy groups -OCH3 is 1. The van der Waals surface area contributed by atoms with Gasteiger partial charge in [-0.05, 0) is 0 Å². The summed E-state index contributed by atoms with van der Waals surface area (Å²) in [6.07, 6.45) is 0.160. The van der Waals surface area contributed by atoms with Gasteiger partial charge in [0.2, 0.25) is 5.91 Å². The number of hydrogen-bond donors (Lipinski definition) is 2.